The van der Waals surface area contributed by atoms with Crippen molar-refractivity contribution in [3.8, 4) is 0 Å². The van der Waals surface area contributed by atoms with Gasteiger partial charge in [0, 0.05) is 31.9 Å². The summed E-state index contributed by atoms with van der Waals surface area (Å²) in [5.74, 6) is 0.0116. The Hall–Kier alpha value is -2.95. The molecule has 1 N–H and O–H groups in total. The smallest absolute Gasteiger partial charge is 0.348 e. The fraction of sp³-hybridized carbons (Fsp3) is 0.412. The molecular formula is C17H19F3N6O2. The van der Waals surface area contributed by atoms with E-state index in [9.17, 15) is 23.3 Å². The molecule has 0 saturated carbocycles. The van der Waals surface area contributed by atoms with Gasteiger partial charge in [0.05, 0.1) is 10.5 Å². The monoisotopic (exact) mass is 396 g/mol. The predicted octanol–water partition coefficient (Wildman–Crippen LogP) is 3.29. The van der Waals surface area contributed by atoms with Crippen molar-refractivity contribution in [2.24, 2.45) is 0 Å². The largest absolute Gasteiger partial charge is 0.416 e. The average molecular weight is 396 g/mol. The van der Waals surface area contributed by atoms with Crippen LogP contribution in [0.1, 0.15) is 12.5 Å². The zero-order chi connectivity index (χ0) is 20.3. The van der Waals surface area contributed by atoms with Crippen LogP contribution in [0.4, 0.5) is 36.2 Å². The zero-order valence-electron chi connectivity index (χ0n) is 15.1. The Morgan fingerprint density at radius 2 is 1.93 bits per heavy atom. The standard InChI is InChI=1S/C17H19F3N6O2/c1-2-24-6-8-25(9-7-24)16-14(26(27)28)15(21-11-22-16)23-13-5-3-4-12(10-13)17(18,19)20/h3-5,10-11H,2,6-9H2,1H3,(H,21,22,23). The minimum Gasteiger partial charge on any atom is -0.348 e. The third kappa shape index (κ3) is 4.30. The number of piperazine rings is 1. The number of rotatable bonds is 5. The summed E-state index contributed by atoms with van der Waals surface area (Å²) in [6, 6.07) is 4.42. The maximum Gasteiger partial charge on any atom is 0.416 e. The van der Waals surface area contributed by atoms with E-state index in [4.69, 9.17) is 0 Å². The predicted molar refractivity (Wildman–Crippen MR) is 97.7 cm³/mol. The number of nitrogens with one attached hydrogen (secondary N) is 1. The number of nitro groups is 1. The molecule has 3 rings (SSSR count). The Bertz CT molecular complexity index is 853. The Morgan fingerprint density at radius 1 is 1.21 bits per heavy atom. The first kappa shape index (κ1) is 19.8. The summed E-state index contributed by atoms with van der Waals surface area (Å²) < 4.78 is 38.7. The van der Waals surface area contributed by atoms with Crippen LogP contribution in [-0.2, 0) is 6.18 Å². The van der Waals surface area contributed by atoms with Gasteiger partial charge in [0.15, 0.2) is 0 Å². The van der Waals surface area contributed by atoms with Gasteiger partial charge in [-0.1, -0.05) is 13.0 Å². The lowest BCUT2D eigenvalue weighted by molar-refractivity contribution is -0.383. The van der Waals surface area contributed by atoms with E-state index >= 15 is 0 Å². The van der Waals surface area contributed by atoms with Crippen molar-refractivity contribution in [1.82, 2.24) is 14.9 Å². The maximum absolute atomic E-state index is 12.9. The molecule has 8 nitrogen and oxygen atoms in total. The summed E-state index contributed by atoms with van der Waals surface area (Å²) in [5.41, 5.74) is -1.16. The van der Waals surface area contributed by atoms with Crippen LogP contribution in [0.25, 0.3) is 0 Å². The molecule has 0 bridgehead atoms. The second-order valence-corrected chi connectivity index (χ2v) is 6.28. The van der Waals surface area contributed by atoms with Gasteiger partial charge in [0.1, 0.15) is 6.33 Å². The minimum absolute atomic E-state index is 0.0541. The molecule has 28 heavy (non-hydrogen) atoms. The molecule has 150 valence electrons. The first-order chi connectivity index (χ1) is 13.3. The van der Waals surface area contributed by atoms with Gasteiger partial charge < -0.3 is 15.1 Å². The fourth-order valence-corrected chi connectivity index (χ4v) is 3.05. The average Bonchev–Trinajstić information content (AvgIpc) is 2.67. The molecule has 11 heteroatoms. The minimum atomic E-state index is -4.51. The summed E-state index contributed by atoms with van der Waals surface area (Å²) in [6.45, 7) is 5.55. The van der Waals surface area contributed by atoms with E-state index < -0.39 is 16.7 Å². The summed E-state index contributed by atoms with van der Waals surface area (Å²) in [4.78, 5) is 23.0. The number of nitrogens with zero attached hydrogens (tertiary/aromatic N) is 5. The van der Waals surface area contributed by atoms with Crippen molar-refractivity contribution in [2.45, 2.75) is 13.1 Å². The topological polar surface area (TPSA) is 87.4 Å². The highest BCUT2D eigenvalue weighted by atomic mass is 19.4. The van der Waals surface area contributed by atoms with E-state index in [0.717, 1.165) is 31.8 Å². The maximum atomic E-state index is 12.9. The van der Waals surface area contributed by atoms with Gasteiger partial charge in [-0.25, -0.2) is 9.97 Å². The van der Waals surface area contributed by atoms with Crippen LogP contribution in [0, 0.1) is 10.1 Å². The summed E-state index contributed by atoms with van der Waals surface area (Å²) in [6.07, 6.45) is -3.34. The van der Waals surface area contributed by atoms with E-state index in [-0.39, 0.29) is 23.0 Å². The van der Waals surface area contributed by atoms with E-state index in [1.807, 2.05) is 6.92 Å². The number of hydrogen-bond acceptors (Lipinski definition) is 7. The molecule has 1 aromatic carbocycles. The quantitative estimate of drug-likeness (QED) is 0.613. The molecule has 0 aliphatic carbocycles. The van der Waals surface area contributed by atoms with Crippen molar-refractivity contribution in [2.75, 3.05) is 42.9 Å². The number of likely N-dealkylation sites (N-methyl/N-ethyl adjacent to an activating group) is 1. The molecule has 0 amide bonds. The Balaban J connectivity index is 1.91. The van der Waals surface area contributed by atoms with Crippen molar-refractivity contribution >= 4 is 23.0 Å². The lowest BCUT2D eigenvalue weighted by atomic mass is 10.2. The van der Waals surface area contributed by atoms with Crippen molar-refractivity contribution in [1.29, 1.82) is 0 Å². The van der Waals surface area contributed by atoms with E-state index in [2.05, 4.69) is 20.2 Å². The molecule has 1 aliphatic rings. The molecule has 1 fully saturated rings. The number of aromatic nitrogens is 2. The van der Waals surface area contributed by atoms with E-state index in [1.165, 1.54) is 18.5 Å². The van der Waals surface area contributed by atoms with Crippen LogP contribution in [0.3, 0.4) is 0 Å². The first-order valence-corrected chi connectivity index (χ1v) is 8.70. The third-order valence-corrected chi connectivity index (χ3v) is 4.56. The van der Waals surface area contributed by atoms with E-state index in [0.29, 0.717) is 13.1 Å². The highest BCUT2D eigenvalue weighted by molar-refractivity contribution is 5.74. The van der Waals surface area contributed by atoms with Crippen LogP contribution in [0.2, 0.25) is 0 Å². The number of anilines is 3. The van der Waals surface area contributed by atoms with Gasteiger partial charge in [-0.3, -0.25) is 10.1 Å². The Kier molecular flexibility index (Phi) is 5.63. The second kappa shape index (κ2) is 7.97. The molecule has 0 atom stereocenters. The van der Waals surface area contributed by atoms with Crippen LogP contribution < -0.4 is 10.2 Å². The lowest BCUT2D eigenvalue weighted by Gasteiger charge is -2.34. The lowest BCUT2D eigenvalue weighted by Crippen LogP contribution is -2.46. The zero-order valence-corrected chi connectivity index (χ0v) is 15.1. The molecule has 2 heterocycles. The Morgan fingerprint density at radius 3 is 2.54 bits per heavy atom. The van der Waals surface area contributed by atoms with Gasteiger partial charge in [0.25, 0.3) is 0 Å². The second-order valence-electron chi connectivity index (χ2n) is 6.28. The van der Waals surface area contributed by atoms with Crippen LogP contribution in [0.15, 0.2) is 30.6 Å². The Labute approximate surface area is 159 Å². The molecule has 0 radical (unpaired) electrons. The summed E-state index contributed by atoms with van der Waals surface area (Å²) >= 11 is 0. The van der Waals surface area contributed by atoms with Gasteiger partial charge in [-0.05, 0) is 24.7 Å². The number of alkyl halides is 3. The molecular weight excluding hydrogens is 377 g/mol. The van der Waals surface area contributed by atoms with Crippen LogP contribution >= 0.6 is 0 Å². The van der Waals surface area contributed by atoms with Gasteiger partial charge in [-0.15, -0.1) is 0 Å². The highest BCUT2D eigenvalue weighted by Crippen LogP contribution is 2.35. The van der Waals surface area contributed by atoms with Crippen molar-refractivity contribution < 1.29 is 18.1 Å². The number of benzene rings is 1. The summed E-state index contributed by atoms with van der Waals surface area (Å²) in [5, 5.41) is 14.3. The molecule has 1 saturated heterocycles. The molecule has 0 unspecified atom stereocenters. The van der Waals surface area contributed by atoms with Crippen molar-refractivity contribution in [3.05, 3.63) is 46.3 Å². The first-order valence-electron chi connectivity index (χ1n) is 8.70. The molecule has 1 aliphatic heterocycles. The fourth-order valence-electron chi connectivity index (χ4n) is 3.05. The van der Waals surface area contributed by atoms with Crippen LogP contribution in [-0.4, -0.2) is 52.5 Å². The van der Waals surface area contributed by atoms with E-state index in [1.54, 1.807) is 4.90 Å². The third-order valence-electron chi connectivity index (χ3n) is 4.56. The van der Waals surface area contributed by atoms with Crippen molar-refractivity contribution in [3.63, 3.8) is 0 Å². The molecule has 2 aromatic rings. The normalized spacial score (nSPS) is 15.5. The van der Waals surface area contributed by atoms with Gasteiger partial charge >= 0.3 is 11.9 Å². The summed E-state index contributed by atoms with van der Waals surface area (Å²) in [7, 11) is 0. The molecule has 0 spiro atoms. The molecule has 1 aromatic heterocycles. The van der Waals surface area contributed by atoms with Gasteiger partial charge in [-0.2, -0.15) is 13.2 Å². The highest BCUT2D eigenvalue weighted by Gasteiger charge is 2.32. The number of halogens is 3. The van der Waals surface area contributed by atoms with Crippen LogP contribution in [0.5, 0.6) is 0 Å². The number of hydrogen-bond donors (Lipinski definition) is 1. The SMILES string of the molecule is CCN1CCN(c2ncnc(Nc3cccc(C(F)(F)F)c3)c2[N+](=O)[O-])CC1. The van der Waals surface area contributed by atoms with Gasteiger partial charge in [0.2, 0.25) is 11.6 Å².